The Morgan fingerprint density at radius 3 is 1.45 bits per heavy atom. The molecule has 1 heterocycles. The lowest BCUT2D eigenvalue weighted by molar-refractivity contribution is -0.315. The predicted molar refractivity (Wildman–Crippen MR) is 212 cm³/mol. The average Bonchev–Trinajstić information content (AvgIpc) is 3.67. The maximum absolute atomic E-state index is 14.0. The molecule has 16 atom stereocenters. The fourth-order valence-electron chi connectivity index (χ4n) is 12.1. The highest BCUT2D eigenvalue weighted by molar-refractivity contribution is 5.79. The van der Waals surface area contributed by atoms with E-state index in [1.807, 2.05) is 0 Å². The van der Waals surface area contributed by atoms with Crippen molar-refractivity contribution < 1.29 is 173 Å². The average molecular weight is 1240 g/mol. The second-order valence-corrected chi connectivity index (χ2v) is 20.4. The minimum absolute atomic E-state index is 0.217. The molecule has 0 radical (unpaired) electrons. The van der Waals surface area contributed by atoms with Crippen LogP contribution >= 0.6 is 0 Å². The third kappa shape index (κ3) is 14.9. The van der Waals surface area contributed by atoms with Gasteiger partial charge in [-0.15, -0.1) is 0 Å². The van der Waals surface area contributed by atoms with E-state index in [1.165, 1.54) is 20.8 Å². The summed E-state index contributed by atoms with van der Waals surface area (Å²) in [6.07, 6.45) is -69.6. The monoisotopic (exact) mass is 1240 g/mol. The molecule has 0 N–H and O–H groups in total. The van der Waals surface area contributed by atoms with Crippen LogP contribution in [0.2, 0.25) is 0 Å². The van der Waals surface area contributed by atoms with Gasteiger partial charge in [0, 0.05) is 17.8 Å². The van der Waals surface area contributed by atoms with Crippen LogP contribution in [0.5, 0.6) is 0 Å². The van der Waals surface area contributed by atoms with Crippen molar-refractivity contribution in [1.82, 2.24) is 0 Å². The van der Waals surface area contributed by atoms with Gasteiger partial charge in [0.25, 0.3) is 0 Å². The van der Waals surface area contributed by atoms with Crippen molar-refractivity contribution in [1.29, 1.82) is 0 Å². The highest BCUT2D eigenvalue weighted by Crippen LogP contribution is 2.70. The van der Waals surface area contributed by atoms with Gasteiger partial charge in [0.1, 0.15) is 31.0 Å². The third-order valence-electron chi connectivity index (χ3n) is 15.6. The van der Waals surface area contributed by atoms with Crippen LogP contribution in [-0.4, -0.2) is 147 Å². The fourth-order valence-corrected chi connectivity index (χ4v) is 12.1. The maximum Gasteiger partial charge on any atom is 0.490 e. The highest BCUT2D eigenvalue weighted by Gasteiger charge is 2.69. The summed E-state index contributed by atoms with van der Waals surface area (Å²) in [6.45, 7) is 1.65. The minimum atomic E-state index is -6.33. The zero-order valence-corrected chi connectivity index (χ0v) is 41.5. The highest BCUT2D eigenvalue weighted by atomic mass is 19.4. The summed E-state index contributed by atoms with van der Waals surface area (Å²) in [6, 6.07) is 0. The molecule has 17 nitrogen and oxygen atoms in total. The van der Waals surface area contributed by atoms with Crippen molar-refractivity contribution >= 4 is 47.8 Å². The van der Waals surface area contributed by atoms with Gasteiger partial charge >= 0.3 is 91.0 Å². The Morgan fingerprint density at radius 1 is 0.500 bits per heavy atom. The Kier molecular flexibility index (Phi) is 19.1. The number of halogens is 21. The Labute approximate surface area is 444 Å². The molecule has 38 heteroatoms. The van der Waals surface area contributed by atoms with Crippen LogP contribution in [0.1, 0.15) is 78.6 Å². The van der Waals surface area contributed by atoms with E-state index in [1.54, 1.807) is 0 Å². The number of esters is 8. The normalized spacial score (nSPS) is 33.0. The van der Waals surface area contributed by atoms with Crippen molar-refractivity contribution in [3.63, 3.8) is 0 Å². The number of ether oxygens (including phenoxy) is 9. The number of fused-ring (bicyclic) bond motifs is 5. The first-order chi connectivity index (χ1) is 37.0. The number of alkyl halides is 21. The second-order valence-electron chi connectivity index (χ2n) is 20.4. The second kappa shape index (κ2) is 23.4. The molecule has 1 saturated heterocycles. The zero-order valence-electron chi connectivity index (χ0n) is 41.5. The van der Waals surface area contributed by atoms with E-state index in [4.69, 9.17) is 18.9 Å². The molecule has 468 valence electrons. The van der Waals surface area contributed by atoms with Crippen molar-refractivity contribution in [2.45, 2.75) is 171 Å². The molecule has 0 aromatic heterocycles. The number of rotatable bonds is 13. The molecule has 0 spiro atoms. The van der Waals surface area contributed by atoms with Gasteiger partial charge in [-0.3, -0.25) is 4.79 Å². The molecule has 1 aliphatic heterocycles. The van der Waals surface area contributed by atoms with Gasteiger partial charge in [0.05, 0.1) is 0 Å². The molecule has 5 aliphatic rings. The molecule has 5 fully saturated rings. The minimum Gasteiger partial charge on any atom is -0.456 e. The molecule has 0 aromatic rings. The van der Waals surface area contributed by atoms with Crippen molar-refractivity contribution in [3.8, 4) is 0 Å². The molecule has 5 unspecified atom stereocenters. The summed E-state index contributed by atoms with van der Waals surface area (Å²) in [5, 5.41) is 0. The molecule has 0 aromatic carbocycles. The van der Waals surface area contributed by atoms with E-state index in [0.29, 0.717) is 0 Å². The molecular formula is C44H43F21O17. The first-order valence-corrected chi connectivity index (χ1v) is 23.8. The lowest BCUT2D eigenvalue weighted by Crippen LogP contribution is -2.64. The van der Waals surface area contributed by atoms with E-state index in [0.717, 1.165) is 0 Å². The Bertz CT molecular complexity index is 2420. The van der Waals surface area contributed by atoms with Gasteiger partial charge in [0.15, 0.2) is 12.2 Å². The summed E-state index contributed by atoms with van der Waals surface area (Å²) >= 11 is 0. The Morgan fingerprint density at radius 2 is 0.951 bits per heavy atom. The number of hydrogen-bond acceptors (Lipinski definition) is 17. The Balaban J connectivity index is 1.52. The SMILES string of the molecule is C[C@H](CCC(=O)O[C@@H]1O[C@H](COC(=O)C(F)(F)F)[C@H](OC(=O)C(F)(F)F)[C@H](OC(=O)C(F)(F)F)[C@H]1OC(=O)C(F)(F)F)[C@H]1CCC2C3C(CC(OC(=O)C(F)(F)F)[C@@]21C)[C@@]1(C)CC[C@@H](OC(=O)C(F)(F)F)CC1C[C@H]3OC(=O)C(F)(F)F. The molecule has 5 rings (SSSR count). The van der Waals surface area contributed by atoms with E-state index in [9.17, 15) is 131 Å². The first-order valence-electron chi connectivity index (χ1n) is 23.8. The van der Waals surface area contributed by atoms with Crippen molar-refractivity contribution in [2.24, 2.45) is 46.3 Å². The summed E-state index contributed by atoms with van der Waals surface area (Å²) in [4.78, 5) is 98.2. The smallest absolute Gasteiger partial charge is 0.456 e. The van der Waals surface area contributed by atoms with Gasteiger partial charge in [-0.25, -0.2) is 33.6 Å². The van der Waals surface area contributed by atoms with Crippen LogP contribution in [0, 0.1) is 46.3 Å². The summed E-state index contributed by atoms with van der Waals surface area (Å²) in [5.41, 5.74) is -3.19. The van der Waals surface area contributed by atoms with Gasteiger partial charge in [0.2, 0.25) is 12.4 Å². The number of carbonyl (C=O) groups is 8. The van der Waals surface area contributed by atoms with E-state index in [-0.39, 0.29) is 25.7 Å². The van der Waals surface area contributed by atoms with Gasteiger partial charge in [-0.1, -0.05) is 20.8 Å². The summed E-state index contributed by atoms with van der Waals surface area (Å²) in [5.74, 6) is -31.4. The van der Waals surface area contributed by atoms with E-state index < -0.39 is 225 Å². The van der Waals surface area contributed by atoms with Crippen LogP contribution in [0.25, 0.3) is 0 Å². The summed E-state index contributed by atoms with van der Waals surface area (Å²) < 4.78 is 324. The van der Waals surface area contributed by atoms with Crippen molar-refractivity contribution in [3.05, 3.63) is 0 Å². The lowest BCUT2D eigenvalue weighted by atomic mass is 9.43. The van der Waals surface area contributed by atoms with E-state index in [2.05, 4.69) is 23.7 Å². The number of carbonyl (C=O) groups excluding carboxylic acids is 8. The predicted octanol–water partition coefficient (Wildman–Crippen LogP) is 8.50. The molecule has 4 saturated carbocycles. The van der Waals surface area contributed by atoms with Crippen LogP contribution < -0.4 is 0 Å². The summed E-state index contributed by atoms with van der Waals surface area (Å²) in [7, 11) is 0. The van der Waals surface area contributed by atoms with Crippen LogP contribution in [-0.2, 0) is 81.0 Å². The zero-order chi connectivity index (χ0) is 62.6. The maximum atomic E-state index is 14.0. The van der Waals surface area contributed by atoms with Crippen LogP contribution in [0.4, 0.5) is 92.2 Å². The topological polar surface area (TPSA) is 220 Å². The van der Waals surface area contributed by atoms with Crippen LogP contribution in [0.3, 0.4) is 0 Å². The van der Waals surface area contributed by atoms with Gasteiger partial charge in [-0.05, 0) is 86.4 Å². The van der Waals surface area contributed by atoms with Gasteiger partial charge < -0.3 is 42.6 Å². The molecule has 0 bridgehead atoms. The standard InChI is InChI=1S/C44H43F21O17/c1-14(4-7-23(66)79-28-27(82-35(73)44(63,64)65)26(81-34(72)43(60,61)62)25(80-33(71)42(57,58)59)21(76-28)13-74-29(67)38(45,46)47)17-5-6-18-24-19(12-22(37(17,18)3)78-32(70)41(54,55)56)36(2)9-8-16(75-30(68)39(48,49)50)10-15(36)11-20(24)77-31(69)40(51,52)53/h14-22,24-28H,4-13H2,1-3H3/t14-,15?,16-,17-,18?,19?,20-,21-,22?,24?,25+,26+,27-,28+,36+,37-/m1/s1. The first kappa shape index (κ1) is 67.0. The molecule has 82 heavy (non-hydrogen) atoms. The quantitative estimate of drug-likeness (QED) is 0.0958. The van der Waals surface area contributed by atoms with Gasteiger partial charge in [-0.2, -0.15) is 92.2 Å². The van der Waals surface area contributed by atoms with Crippen molar-refractivity contribution in [2.75, 3.05) is 6.61 Å². The van der Waals surface area contributed by atoms with E-state index >= 15 is 0 Å². The molecule has 0 amide bonds. The third-order valence-corrected chi connectivity index (χ3v) is 15.6. The lowest BCUT2D eigenvalue weighted by Gasteiger charge is -2.64. The largest absolute Gasteiger partial charge is 0.490 e. The molecular weight excluding hydrogens is 1200 g/mol. The number of hydrogen-bond donors (Lipinski definition) is 0. The van der Waals surface area contributed by atoms with Crippen LogP contribution in [0.15, 0.2) is 0 Å². The Hall–Kier alpha value is -5.75. The fraction of sp³-hybridized carbons (Fsp3) is 0.818. The molecule has 4 aliphatic carbocycles.